The van der Waals surface area contributed by atoms with Crippen LogP contribution in [0.4, 0.5) is 5.13 Å². The van der Waals surface area contributed by atoms with Crippen LogP contribution in [0.25, 0.3) is 5.82 Å². The maximum atomic E-state index is 12.7. The summed E-state index contributed by atoms with van der Waals surface area (Å²) < 4.78 is 1.72. The Morgan fingerprint density at radius 1 is 1.29 bits per heavy atom. The van der Waals surface area contributed by atoms with Gasteiger partial charge in [0.2, 0.25) is 0 Å². The van der Waals surface area contributed by atoms with E-state index in [0.717, 1.165) is 16.3 Å². The number of aryl methyl sites for hydroxylation is 2. The lowest BCUT2D eigenvalue weighted by molar-refractivity contribution is 0.102. The third-order valence-electron chi connectivity index (χ3n) is 3.71. The van der Waals surface area contributed by atoms with E-state index in [4.69, 9.17) is 0 Å². The number of pyridine rings is 1. The Hall–Kier alpha value is -2.54. The Bertz CT molecular complexity index is 847. The molecule has 0 atom stereocenters. The molecule has 3 rings (SSSR count). The quantitative estimate of drug-likeness (QED) is 0.785. The van der Waals surface area contributed by atoms with Crippen molar-refractivity contribution in [2.24, 2.45) is 0 Å². The van der Waals surface area contributed by atoms with Crippen LogP contribution in [-0.4, -0.2) is 25.7 Å². The lowest BCUT2D eigenvalue weighted by atomic mass is 10.1. The molecule has 3 aromatic heterocycles. The van der Waals surface area contributed by atoms with Gasteiger partial charge in [0, 0.05) is 11.1 Å². The number of thiazole rings is 1. The SMILES string of the molecule is Cc1nc(NC(=O)c2cnn(-c3ccccn3)c2C(C)C)sc1C. The summed E-state index contributed by atoms with van der Waals surface area (Å²) in [5.41, 5.74) is 2.31. The third kappa shape index (κ3) is 3.07. The van der Waals surface area contributed by atoms with Crippen LogP contribution < -0.4 is 5.32 Å². The number of aromatic nitrogens is 4. The van der Waals surface area contributed by atoms with Gasteiger partial charge in [-0.25, -0.2) is 14.6 Å². The number of rotatable bonds is 4. The second-order valence-electron chi connectivity index (χ2n) is 5.81. The summed E-state index contributed by atoms with van der Waals surface area (Å²) >= 11 is 1.47. The Balaban J connectivity index is 1.96. The molecule has 0 saturated carbocycles. The van der Waals surface area contributed by atoms with Crippen LogP contribution in [-0.2, 0) is 0 Å². The number of nitrogens with zero attached hydrogens (tertiary/aromatic N) is 4. The minimum atomic E-state index is -0.199. The summed E-state index contributed by atoms with van der Waals surface area (Å²) in [6, 6.07) is 5.62. The molecule has 0 radical (unpaired) electrons. The molecule has 24 heavy (non-hydrogen) atoms. The summed E-state index contributed by atoms with van der Waals surface area (Å²) in [5, 5.41) is 7.85. The Labute approximate surface area is 144 Å². The van der Waals surface area contributed by atoms with Crippen LogP contribution in [0.2, 0.25) is 0 Å². The normalized spacial score (nSPS) is 11.0. The summed E-state index contributed by atoms with van der Waals surface area (Å²) in [7, 11) is 0. The van der Waals surface area contributed by atoms with E-state index in [1.807, 2.05) is 45.9 Å². The monoisotopic (exact) mass is 341 g/mol. The maximum Gasteiger partial charge on any atom is 0.260 e. The van der Waals surface area contributed by atoms with Crippen molar-refractivity contribution in [1.82, 2.24) is 19.7 Å². The van der Waals surface area contributed by atoms with Crippen molar-refractivity contribution in [3.8, 4) is 5.82 Å². The molecule has 1 amide bonds. The van der Waals surface area contributed by atoms with Crippen molar-refractivity contribution in [2.45, 2.75) is 33.6 Å². The first-order valence-corrected chi connectivity index (χ1v) is 8.53. The molecule has 0 saturated heterocycles. The Morgan fingerprint density at radius 3 is 2.67 bits per heavy atom. The summed E-state index contributed by atoms with van der Waals surface area (Å²) in [5.74, 6) is 0.617. The number of amides is 1. The standard InChI is InChI=1S/C17H19N5OS/c1-10(2)15-13(9-19-22(15)14-7-5-6-8-18-14)16(23)21-17-20-11(3)12(4)24-17/h5-10H,1-4H3,(H,20,21,23). The van der Waals surface area contributed by atoms with Gasteiger partial charge < -0.3 is 0 Å². The fourth-order valence-corrected chi connectivity index (χ4v) is 3.25. The van der Waals surface area contributed by atoms with Crippen LogP contribution in [0.3, 0.4) is 0 Å². The second-order valence-corrected chi connectivity index (χ2v) is 7.02. The van der Waals surface area contributed by atoms with Crippen molar-refractivity contribution in [3.05, 3.63) is 52.4 Å². The molecule has 0 aliphatic heterocycles. The smallest absolute Gasteiger partial charge is 0.260 e. The minimum Gasteiger partial charge on any atom is -0.298 e. The molecule has 6 nitrogen and oxygen atoms in total. The van der Waals surface area contributed by atoms with Crippen LogP contribution in [0.5, 0.6) is 0 Å². The van der Waals surface area contributed by atoms with E-state index in [9.17, 15) is 4.79 Å². The highest BCUT2D eigenvalue weighted by molar-refractivity contribution is 7.15. The van der Waals surface area contributed by atoms with Gasteiger partial charge in [-0.05, 0) is 31.9 Å². The second kappa shape index (κ2) is 6.52. The van der Waals surface area contributed by atoms with E-state index < -0.39 is 0 Å². The Kier molecular flexibility index (Phi) is 4.44. The number of hydrogen-bond acceptors (Lipinski definition) is 5. The van der Waals surface area contributed by atoms with Crippen LogP contribution >= 0.6 is 11.3 Å². The number of carbonyl (C=O) groups excluding carboxylic acids is 1. The minimum absolute atomic E-state index is 0.120. The highest BCUT2D eigenvalue weighted by atomic mass is 32.1. The fraction of sp³-hybridized carbons (Fsp3) is 0.294. The molecule has 3 aromatic rings. The van der Waals surface area contributed by atoms with Gasteiger partial charge in [0.05, 0.1) is 23.1 Å². The van der Waals surface area contributed by atoms with Gasteiger partial charge in [-0.15, -0.1) is 11.3 Å². The number of anilines is 1. The average Bonchev–Trinajstić information content (AvgIpc) is 3.12. The van der Waals surface area contributed by atoms with Crippen molar-refractivity contribution < 1.29 is 4.79 Å². The van der Waals surface area contributed by atoms with E-state index in [2.05, 4.69) is 20.4 Å². The van der Waals surface area contributed by atoms with Gasteiger partial charge in [-0.3, -0.25) is 10.1 Å². The van der Waals surface area contributed by atoms with Crippen LogP contribution in [0.1, 0.15) is 46.4 Å². The first kappa shape index (κ1) is 16.3. The van der Waals surface area contributed by atoms with E-state index in [-0.39, 0.29) is 11.8 Å². The van der Waals surface area contributed by atoms with Crippen LogP contribution in [0.15, 0.2) is 30.6 Å². The molecular weight excluding hydrogens is 322 g/mol. The molecule has 0 aromatic carbocycles. The molecule has 0 fully saturated rings. The molecular formula is C17H19N5OS. The molecule has 0 bridgehead atoms. The van der Waals surface area contributed by atoms with Gasteiger partial charge in [-0.1, -0.05) is 19.9 Å². The van der Waals surface area contributed by atoms with Gasteiger partial charge in [-0.2, -0.15) is 5.10 Å². The lowest BCUT2D eigenvalue weighted by Crippen LogP contribution is -2.15. The van der Waals surface area contributed by atoms with Gasteiger partial charge in [0.1, 0.15) is 0 Å². The number of carbonyl (C=O) groups is 1. The van der Waals surface area contributed by atoms with Gasteiger partial charge in [0.15, 0.2) is 10.9 Å². The molecule has 7 heteroatoms. The number of nitrogens with one attached hydrogen (secondary N) is 1. The van der Waals surface area contributed by atoms with Crippen LogP contribution in [0, 0.1) is 13.8 Å². The Morgan fingerprint density at radius 2 is 2.08 bits per heavy atom. The van der Waals surface area contributed by atoms with Gasteiger partial charge >= 0.3 is 0 Å². The molecule has 124 valence electrons. The highest BCUT2D eigenvalue weighted by Crippen LogP contribution is 2.25. The average molecular weight is 341 g/mol. The topological polar surface area (TPSA) is 72.7 Å². The molecule has 1 N–H and O–H groups in total. The first-order valence-electron chi connectivity index (χ1n) is 7.72. The van der Waals surface area contributed by atoms with Crippen molar-refractivity contribution >= 4 is 22.4 Å². The van der Waals surface area contributed by atoms with E-state index in [1.54, 1.807) is 17.1 Å². The van der Waals surface area contributed by atoms with Crippen molar-refractivity contribution in [3.63, 3.8) is 0 Å². The van der Waals surface area contributed by atoms with E-state index in [0.29, 0.717) is 16.5 Å². The number of hydrogen-bond donors (Lipinski definition) is 1. The molecule has 0 aliphatic carbocycles. The fourth-order valence-electron chi connectivity index (χ4n) is 2.44. The van der Waals surface area contributed by atoms with Crippen molar-refractivity contribution in [1.29, 1.82) is 0 Å². The summed E-state index contributed by atoms with van der Waals surface area (Å²) in [4.78, 5) is 22.5. The highest BCUT2D eigenvalue weighted by Gasteiger charge is 2.22. The molecule has 0 spiro atoms. The maximum absolute atomic E-state index is 12.7. The van der Waals surface area contributed by atoms with E-state index in [1.165, 1.54) is 11.3 Å². The zero-order valence-corrected chi connectivity index (χ0v) is 14.9. The molecule has 0 aliphatic rings. The van der Waals surface area contributed by atoms with Gasteiger partial charge in [0.25, 0.3) is 5.91 Å². The predicted octanol–water partition coefficient (Wildman–Crippen LogP) is 3.72. The summed E-state index contributed by atoms with van der Waals surface area (Å²) in [6.07, 6.45) is 3.30. The lowest BCUT2D eigenvalue weighted by Gasteiger charge is -2.11. The molecule has 3 heterocycles. The van der Waals surface area contributed by atoms with Crippen molar-refractivity contribution in [2.75, 3.05) is 5.32 Å². The molecule has 0 unspecified atom stereocenters. The zero-order chi connectivity index (χ0) is 17.3. The van der Waals surface area contributed by atoms with E-state index >= 15 is 0 Å². The predicted molar refractivity (Wildman–Crippen MR) is 95.0 cm³/mol. The largest absolute Gasteiger partial charge is 0.298 e. The zero-order valence-electron chi connectivity index (χ0n) is 14.1. The summed E-state index contributed by atoms with van der Waals surface area (Å²) in [6.45, 7) is 7.98. The third-order valence-corrected chi connectivity index (χ3v) is 4.70. The first-order chi connectivity index (χ1) is 11.5.